The third kappa shape index (κ3) is 10.6. The van der Waals surface area contributed by atoms with Crippen LogP contribution in [0.1, 0.15) is 39.5 Å². The fourth-order valence-corrected chi connectivity index (χ4v) is 5.67. The Morgan fingerprint density at radius 2 is 1.58 bits per heavy atom. The van der Waals surface area contributed by atoms with Crippen LogP contribution in [0, 0.1) is 10.7 Å². The van der Waals surface area contributed by atoms with Gasteiger partial charge in [0, 0.05) is 23.7 Å². The molecule has 0 saturated heterocycles. The Kier molecular flexibility index (Phi) is 15.2. The zero-order chi connectivity index (χ0) is 18.5. The van der Waals surface area contributed by atoms with E-state index in [9.17, 15) is 9.59 Å². The summed E-state index contributed by atoms with van der Waals surface area (Å²) in [5, 5.41) is 5.69. The minimum atomic E-state index is -0.151. The molecule has 0 bridgehead atoms. The van der Waals surface area contributed by atoms with Crippen LogP contribution in [0.5, 0.6) is 0 Å². The summed E-state index contributed by atoms with van der Waals surface area (Å²) in [6.45, 7) is 4.61. The molecule has 0 radical (unpaired) electrons. The third-order valence-corrected chi connectivity index (χ3v) is 5.36. The van der Waals surface area contributed by atoms with Crippen molar-refractivity contribution in [3.63, 3.8) is 0 Å². The van der Waals surface area contributed by atoms with Crippen molar-refractivity contribution in [3.8, 4) is 0 Å². The lowest BCUT2D eigenvalue weighted by Crippen LogP contribution is -2.25. The number of rotatable bonds is 8. The van der Waals surface area contributed by atoms with Gasteiger partial charge in [0.15, 0.2) is 0 Å². The smallest absolute Gasteiger partial charge is 0.234 e. The molecule has 1 rings (SSSR count). The molecule has 0 spiro atoms. The molecule has 1 aromatic carbocycles. The van der Waals surface area contributed by atoms with Gasteiger partial charge in [0.2, 0.25) is 11.8 Å². The second kappa shape index (κ2) is 14.8. The maximum Gasteiger partial charge on any atom is 0.234 e. The molecule has 4 nitrogen and oxygen atoms in total. The molecule has 8 heteroatoms. The van der Waals surface area contributed by atoms with Gasteiger partial charge in [0.1, 0.15) is 5.88 Å². The van der Waals surface area contributed by atoms with Crippen LogP contribution in [0.4, 0.5) is 5.69 Å². The zero-order valence-electron chi connectivity index (χ0n) is 13.7. The van der Waals surface area contributed by atoms with E-state index in [4.69, 9.17) is 11.6 Å². The van der Waals surface area contributed by atoms with E-state index in [1.807, 2.05) is 26.0 Å². The summed E-state index contributed by atoms with van der Waals surface area (Å²) in [6.07, 6.45) is 3.05. The van der Waals surface area contributed by atoms with E-state index in [0.717, 1.165) is 35.7 Å². The lowest BCUT2D eigenvalue weighted by molar-refractivity contribution is -0.119. The summed E-state index contributed by atoms with van der Waals surface area (Å²) in [5.41, 5.74) is 0.890. The van der Waals surface area contributed by atoms with Crippen LogP contribution >= 0.6 is 79.4 Å². The molecule has 0 atom stereocenters. The average Bonchev–Trinajstić information content (AvgIpc) is 2.55. The van der Waals surface area contributed by atoms with Crippen LogP contribution in [0.3, 0.4) is 0 Å². The quantitative estimate of drug-likeness (QED) is 0.219. The molecule has 24 heavy (non-hydrogen) atoms. The molecular formula is C16H22ClI3N2O2. The average molecular weight is 691 g/mol. The van der Waals surface area contributed by atoms with Crippen LogP contribution < -0.4 is 10.6 Å². The Morgan fingerprint density at radius 1 is 1.00 bits per heavy atom. The van der Waals surface area contributed by atoms with E-state index in [0.29, 0.717) is 13.0 Å². The molecule has 0 aliphatic rings. The van der Waals surface area contributed by atoms with Gasteiger partial charge in [-0.05, 0) is 92.7 Å². The number of hydrogen-bond donors (Lipinski definition) is 2. The number of anilines is 1. The van der Waals surface area contributed by atoms with Crippen LogP contribution in [-0.2, 0) is 9.59 Å². The van der Waals surface area contributed by atoms with Crippen LogP contribution in [-0.4, -0.2) is 24.2 Å². The van der Waals surface area contributed by atoms with Crippen LogP contribution in [0.15, 0.2) is 12.1 Å². The van der Waals surface area contributed by atoms with Gasteiger partial charge in [-0.25, -0.2) is 0 Å². The Labute approximate surface area is 190 Å². The first-order valence-electron chi connectivity index (χ1n) is 7.71. The standard InChI is InChI=1S/C14H16ClI3N2O2.C2H6/c15-8-13(22)19-5-3-1-2-4-12(21)20-14-10(17)6-9(16)7-11(14)18;1-2/h6-7H,1-5,8H2,(H,19,22)(H,20,21);1-2H3. The number of unbranched alkanes of at least 4 members (excludes halogenated alkanes) is 2. The Morgan fingerprint density at radius 3 is 2.12 bits per heavy atom. The lowest BCUT2D eigenvalue weighted by atomic mass is 10.2. The van der Waals surface area contributed by atoms with Crippen molar-refractivity contribution in [2.75, 3.05) is 17.7 Å². The number of halogens is 4. The predicted octanol–water partition coefficient (Wildman–Crippen LogP) is 5.38. The second-order valence-corrected chi connectivity index (χ2v) is 8.42. The van der Waals surface area contributed by atoms with Crippen molar-refractivity contribution in [2.45, 2.75) is 39.5 Å². The Hall–Kier alpha value is 0.640. The molecule has 0 saturated carbocycles. The van der Waals surface area contributed by atoms with E-state index in [2.05, 4.69) is 78.4 Å². The first kappa shape index (κ1) is 24.6. The van der Waals surface area contributed by atoms with Crippen molar-refractivity contribution in [3.05, 3.63) is 22.8 Å². The van der Waals surface area contributed by atoms with Gasteiger partial charge in [0.25, 0.3) is 0 Å². The van der Waals surface area contributed by atoms with Gasteiger partial charge >= 0.3 is 0 Å². The van der Waals surface area contributed by atoms with Crippen molar-refractivity contribution >= 4 is 96.9 Å². The van der Waals surface area contributed by atoms with Gasteiger partial charge in [-0.3, -0.25) is 9.59 Å². The third-order valence-electron chi connectivity index (χ3n) is 2.80. The molecule has 0 aliphatic carbocycles. The van der Waals surface area contributed by atoms with E-state index in [1.165, 1.54) is 0 Å². The summed E-state index contributed by atoms with van der Waals surface area (Å²) in [4.78, 5) is 22.9. The molecule has 136 valence electrons. The number of carbonyl (C=O) groups excluding carboxylic acids is 2. The molecule has 2 amide bonds. The first-order chi connectivity index (χ1) is 11.4. The van der Waals surface area contributed by atoms with Gasteiger partial charge < -0.3 is 10.6 Å². The zero-order valence-corrected chi connectivity index (χ0v) is 21.0. The highest BCUT2D eigenvalue weighted by Crippen LogP contribution is 2.27. The normalized spacial score (nSPS) is 9.75. The fourth-order valence-electron chi connectivity index (χ4n) is 1.73. The highest BCUT2D eigenvalue weighted by molar-refractivity contribution is 14.1. The highest BCUT2D eigenvalue weighted by Gasteiger charge is 2.10. The van der Waals surface area contributed by atoms with Crippen molar-refractivity contribution in [2.24, 2.45) is 0 Å². The Bertz CT molecular complexity index is 519. The summed E-state index contributed by atoms with van der Waals surface area (Å²) in [6, 6.07) is 4.08. The predicted molar refractivity (Wildman–Crippen MR) is 127 cm³/mol. The molecule has 0 aliphatic heterocycles. The van der Waals surface area contributed by atoms with Gasteiger partial charge in [0.05, 0.1) is 5.69 Å². The summed E-state index contributed by atoms with van der Waals surface area (Å²) >= 11 is 12.1. The summed E-state index contributed by atoms with van der Waals surface area (Å²) in [5.74, 6) is -0.125. The maximum atomic E-state index is 12.0. The summed E-state index contributed by atoms with van der Waals surface area (Å²) < 4.78 is 3.25. The van der Waals surface area contributed by atoms with Gasteiger partial charge in [-0.1, -0.05) is 20.3 Å². The van der Waals surface area contributed by atoms with E-state index in [-0.39, 0.29) is 17.7 Å². The lowest BCUT2D eigenvalue weighted by Gasteiger charge is -2.10. The van der Waals surface area contributed by atoms with Crippen LogP contribution in [0.2, 0.25) is 0 Å². The molecule has 0 unspecified atom stereocenters. The topological polar surface area (TPSA) is 58.2 Å². The van der Waals surface area contributed by atoms with Crippen molar-refractivity contribution in [1.29, 1.82) is 0 Å². The highest BCUT2D eigenvalue weighted by atomic mass is 127. The van der Waals surface area contributed by atoms with E-state index < -0.39 is 0 Å². The largest absolute Gasteiger partial charge is 0.355 e. The first-order valence-corrected chi connectivity index (χ1v) is 11.5. The minimum absolute atomic E-state index is 0.00428. The number of benzene rings is 1. The number of carbonyl (C=O) groups is 2. The van der Waals surface area contributed by atoms with E-state index in [1.54, 1.807) is 0 Å². The van der Waals surface area contributed by atoms with Gasteiger partial charge in [-0.2, -0.15) is 0 Å². The molecule has 2 N–H and O–H groups in total. The molecule has 0 heterocycles. The second-order valence-electron chi connectivity index (χ2n) is 4.59. The van der Waals surface area contributed by atoms with Crippen molar-refractivity contribution in [1.82, 2.24) is 5.32 Å². The molecular weight excluding hydrogens is 668 g/mol. The molecule has 0 fully saturated rings. The number of amides is 2. The fraction of sp³-hybridized carbons (Fsp3) is 0.500. The monoisotopic (exact) mass is 690 g/mol. The number of alkyl halides is 1. The molecule has 0 aromatic heterocycles. The SMILES string of the molecule is CC.O=C(CCl)NCCCCCC(=O)Nc1c(I)cc(I)cc1I. The number of hydrogen-bond acceptors (Lipinski definition) is 2. The van der Waals surface area contributed by atoms with E-state index >= 15 is 0 Å². The number of nitrogens with one attached hydrogen (secondary N) is 2. The van der Waals surface area contributed by atoms with Crippen molar-refractivity contribution < 1.29 is 9.59 Å². The minimum Gasteiger partial charge on any atom is -0.355 e. The molecule has 1 aromatic rings. The Balaban J connectivity index is 0.00000254. The maximum absolute atomic E-state index is 12.0. The van der Waals surface area contributed by atoms with Gasteiger partial charge in [-0.15, -0.1) is 11.6 Å². The van der Waals surface area contributed by atoms with Crippen LogP contribution in [0.25, 0.3) is 0 Å². The summed E-state index contributed by atoms with van der Waals surface area (Å²) in [7, 11) is 0.